The molecule has 0 aliphatic carbocycles. The van der Waals surface area contributed by atoms with Gasteiger partial charge in [0.2, 0.25) is 5.88 Å². The predicted molar refractivity (Wildman–Crippen MR) is 68.8 cm³/mol. The van der Waals surface area contributed by atoms with Crippen molar-refractivity contribution in [1.82, 2.24) is 4.98 Å². The minimum Gasteiger partial charge on any atom is -0.480 e. The number of anilines is 1. The van der Waals surface area contributed by atoms with E-state index in [1.54, 1.807) is 18.3 Å². The Morgan fingerprint density at radius 3 is 2.55 bits per heavy atom. The highest BCUT2D eigenvalue weighted by Crippen LogP contribution is 2.24. The maximum absolute atomic E-state index is 11.7. The molecule has 1 saturated heterocycles. The first-order chi connectivity index (χ1) is 9.43. The van der Waals surface area contributed by atoms with Gasteiger partial charge in [0, 0.05) is 26.2 Å². The summed E-state index contributed by atoms with van der Waals surface area (Å²) >= 11 is 0. The van der Waals surface area contributed by atoms with Crippen LogP contribution in [0.4, 0.5) is 5.69 Å². The average Bonchev–Trinajstić information content (AvgIpc) is 2.36. The van der Waals surface area contributed by atoms with Crippen molar-refractivity contribution < 1.29 is 23.8 Å². The largest absolute Gasteiger partial charge is 0.480 e. The smallest absolute Gasteiger partial charge is 0.350 e. The molecule has 1 N–H and O–H groups in total. The Morgan fingerprint density at radius 1 is 1.30 bits per heavy atom. The molecule has 7 heteroatoms. The molecule has 0 radical (unpaired) electrons. The highest BCUT2D eigenvalue weighted by atomic mass is 16.7. The van der Waals surface area contributed by atoms with Gasteiger partial charge in [-0.05, 0) is 12.1 Å². The maximum atomic E-state index is 11.7. The van der Waals surface area contributed by atoms with Crippen molar-refractivity contribution in [2.45, 2.75) is 19.6 Å². The fraction of sp³-hybridized carbons (Fsp3) is 0.308. The Hall–Kier alpha value is -2.57. The van der Waals surface area contributed by atoms with Gasteiger partial charge in [0.05, 0.1) is 7.11 Å². The molecular weight excluding hydrogens is 264 g/mol. The van der Waals surface area contributed by atoms with Crippen molar-refractivity contribution in [2.75, 3.05) is 12.4 Å². The third-order valence-electron chi connectivity index (χ3n) is 2.45. The van der Waals surface area contributed by atoms with Gasteiger partial charge in [-0.3, -0.25) is 0 Å². The quantitative estimate of drug-likeness (QED) is 0.505. The fourth-order valence-corrected chi connectivity index (χ4v) is 1.59. The number of carbonyl (C=O) groups is 2. The molecule has 7 nitrogen and oxygen atoms in total. The molecule has 20 heavy (non-hydrogen) atoms. The minimum atomic E-state index is -1.25. The summed E-state index contributed by atoms with van der Waals surface area (Å²) < 4.78 is 15.0. The van der Waals surface area contributed by atoms with E-state index in [1.165, 1.54) is 27.2 Å². The van der Waals surface area contributed by atoms with Crippen LogP contribution in [0.5, 0.6) is 5.88 Å². The Balaban J connectivity index is 2.19. The molecule has 1 fully saturated rings. The number of pyridine rings is 1. The number of nitrogens with zero attached hydrogens (tertiary/aromatic N) is 1. The van der Waals surface area contributed by atoms with Crippen molar-refractivity contribution in [2.24, 2.45) is 0 Å². The third kappa shape index (κ3) is 2.87. The molecule has 0 unspecified atom stereocenters. The van der Waals surface area contributed by atoms with Crippen LogP contribution in [0.3, 0.4) is 0 Å². The Morgan fingerprint density at radius 2 is 1.95 bits per heavy atom. The lowest BCUT2D eigenvalue weighted by Gasteiger charge is -2.29. The Bertz CT molecular complexity index is 558. The molecule has 1 aliphatic heterocycles. The molecule has 0 amide bonds. The van der Waals surface area contributed by atoms with Gasteiger partial charge in [0.1, 0.15) is 5.69 Å². The predicted octanol–water partition coefficient (Wildman–Crippen LogP) is 1.22. The number of nitrogens with one attached hydrogen (secondary N) is 1. The molecule has 0 aromatic carbocycles. The first-order valence-electron chi connectivity index (χ1n) is 5.85. The van der Waals surface area contributed by atoms with Crippen LogP contribution < -0.4 is 10.1 Å². The van der Waals surface area contributed by atoms with E-state index in [1.807, 2.05) is 0 Å². The Labute approximate surface area is 115 Å². The zero-order valence-corrected chi connectivity index (χ0v) is 11.3. The van der Waals surface area contributed by atoms with Gasteiger partial charge in [-0.2, -0.15) is 0 Å². The lowest BCUT2D eigenvalue weighted by molar-refractivity contribution is -0.222. The van der Waals surface area contributed by atoms with E-state index in [0.29, 0.717) is 11.6 Å². The molecule has 0 atom stereocenters. The van der Waals surface area contributed by atoms with E-state index >= 15 is 0 Å². The zero-order chi connectivity index (χ0) is 14.8. The maximum Gasteiger partial charge on any atom is 0.350 e. The normalized spacial score (nSPS) is 17.1. The van der Waals surface area contributed by atoms with Gasteiger partial charge in [0.15, 0.2) is 5.57 Å². The van der Waals surface area contributed by atoms with Crippen molar-refractivity contribution in [3.05, 3.63) is 30.1 Å². The molecule has 2 rings (SSSR count). The number of methoxy groups -OCH3 is 1. The van der Waals surface area contributed by atoms with E-state index in [0.717, 1.165) is 0 Å². The number of esters is 2. The zero-order valence-electron chi connectivity index (χ0n) is 11.3. The van der Waals surface area contributed by atoms with Crippen molar-refractivity contribution in [3.8, 4) is 5.88 Å². The molecule has 0 saturated carbocycles. The number of aromatic nitrogens is 1. The van der Waals surface area contributed by atoms with Crippen LogP contribution in [-0.2, 0) is 19.1 Å². The average molecular weight is 278 g/mol. The summed E-state index contributed by atoms with van der Waals surface area (Å²) in [6.45, 7) is 2.97. The molecule has 2 heterocycles. The summed E-state index contributed by atoms with van der Waals surface area (Å²) in [6, 6.07) is 3.37. The highest BCUT2D eigenvalue weighted by Gasteiger charge is 2.38. The van der Waals surface area contributed by atoms with Crippen LogP contribution in [-0.4, -0.2) is 29.8 Å². The second-order valence-corrected chi connectivity index (χ2v) is 4.44. The number of carbonyl (C=O) groups excluding carboxylic acids is 2. The fourth-order valence-electron chi connectivity index (χ4n) is 1.59. The van der Waals surface area contributed by atoms with Gasteiger partial charge in [-0.1, -0.05) is 0 Å². The molecule has 1 aliphatic rings. The van der Waals surface area contributed by atoms with Crippen LogP contribution in [0.1, 0.15) is 13.8 Å². The van der Waals surface area contributed by atoms with Gasteiger partial charge in [0.25, 0.3) is 5.79 Å². The lowest BCUT2D eigenvalue weighted by atomic mass is 10.2. The summed E-state index contributed by atoms with van der Waals surface area (Å²) in [4.78, 5) is 27.4. The summed E-state index contributed by atoms with van der Waals surface area (Å²) in [5.41, 5.74) is 0.281. The number of cyclic esters (lactones) is 2. The van der Waals surface area contributed by atoms with Crippen molar-refractivity contribution in [1.29, 1.82) is 0 Å². The minimum absolute atomic E-state index is 0.227. The standard InChI is InChI=1S/C13H14N2O5/c1-13(2)19-11(16)8(12(17)20-13)7-15-9-5-4-6-14-10(9)18-3/h4-7,15H,1-3H3. The van der Waals surface area contributed by atoms with Crippen LogP contribution >= 0.6 is 0 Å². The lowest BCUT2D eigenvalue weighted by Crippen LogP contribution is -2.42. The molecule has 1 aromatic rings. The van der Waals surface area contributed by atoms with E-state index in [9.17, 15) is 9.59 Å². The van der Waals surface area contributed by atoms with Crippen LogP contribution in [0.2, 0.25) is 0 Å². The van der Waals surface area contributed by atoms with E-state index in [2.05, 4.69) is 10.3 Å². The number of hydrogen-bond acceptors (Lipinski definition) is 7. The van der Waals surface area contributed by atoms with Gasteiger partial charge in [-0.25, -0.2) is 14.6 Å². The van der Waals surface area contributed by atoms with Gasteiger partial charge >= 0.3 is 11.9 Å². The van der Waals surface area contributed by atoms with E-state index < -0.39 is 17.7 Å². The number of ether oxygens (including phenoxy) is 3. The summed E-state index contributed by atoms with van der Waals surface area (Å²) in [7, 11) is 1.46. The number of rotatable bonds is 3. The summed E-state index contributed by atoms with van der Waals surface area (Å²) in [6.07, 6.45) is 2.77. The van der Waals surface area contributed by atoms with Crippen LogP contribution in [0.15, 0.2) is 30.1 Å². The first-order valence-corrected chi connectivity index (χ1v) is 5.85. The van der Waals surface area contributed by atoms with Crippen molar-refractivity contribution in [3.63, 3.8) is 0 Å². The molecule has 0 spiro atoms. The van der Waals surface area contributed by atoms with E-state index in [4.69, 9.17) is 14.2 Å². The van der Waals surface area contributed by atoms with Gasteiger partial charge < -0.3 is 19.5 Å². The molecule has 106 valence electrons. The summed E-state index contributed by atoms with van der Waals surface area (Å²) in [5.74, 6) is -2.41. The van der Waals surface area contributed by atoms with E-state index in [-0.39, 0.29) is 5.57 Å². The first kappa shape index (κ1) is 13.9. The summed E-state index contributed by atoms with van der Waals surface area (Å²) in [5, 5.41) is 2.77. The SMILES string of the molecule is COc1ncccc1NC=C1C(=O)OC(C)(C)OC1=O. The highest BCUT2D eigenvalue weighted by molar-refractivity contribution is 6.15. The second-order valence-electron chi connectivity index (χ2n) is 4.44. The Kier molecular flexibility index (Phi) is 3.60. The number of hydrogen-bond donors (Lipinski definition) is 1. The van der Waals surface area contributed by atoms with Crippen LogP contribution in [0, 0.1) is 0 Å². The second kappa shape index (κ2) is 5.20. The molecule has 1 aromatic heterocycles. The third-order valence-corrected chi connectivity index (χ3v) is 2.45. The molecular formula is C13H14N2O5. The monoisotopic (exact) mass is 278 g/mol. The van der Waals surface area contributed by atoms with Gasteiger partial charge in [-0.15, -0.1) is 0 Å². The van der Waals surface area contributed by atoms with Crippen molar-refractivity contribution >= 4 is 17.6 Å². The topological polar surface area (TPSA) is 86.8 Å². The molecule has 0 bridgehead atoms. The van der Waals surface area contributed by atoms with Crippen LogP contribution in [0.25, 0.3) is 0 Å².